The smallest absolute Gasteiger partial charge is 0.119 e. The van der Waals surface area contributed by atoms with Crippen molar-refractivity contribution in [1.82, 2.24) is 0 Å². The fraction of sp³-hybridized carbons (Fsp3) is 0.0909. The Morgan fingerprint density at radius 3 is 1.10 bits per heavy atom. The molecule has 2 aliphatic carbocycles. The summed E-state index contributed by atoms with van der Waals surface area (Å²) in [6, 6.07) is 81.5. The third kappa shape index (κ3) is 6.51. The molecule has 0 fully saturated rings. The van der Waals surface area contributed by atoms with E-state index in [0.29, 0.717) is 13.2 Å². The van der Waals surface area contributed by atoms with Crippen LogP contribution in [0.5, 0.6) is 23.0 Å². The number of ether oxygens (including phenoxy) is 2. The van der Waals surface area contributed by atoms with Gasteiger partial charge in [0.1, 0.15) is 23.0 Å². The molecule has 11 aromatic carbocycles. The minimum Gasteiger partial charge on any atom is -0.508 e. The predicted molar refractivity (Wildman–Crippen MR) is 284 cm³/mol. The van der Waals surface area contributed by atoms with Crippen LogP contribution in [0.4, 0.5) is 0 Å². The second-order valence-electron chi connectivity index (χ2n) is 18.8. The van der Waals surface area contributed by atoms with Crippen LogP contribution < -0.4 is 9.47 Å². The number of aromatic hydroxyl groups is 2. The van der Waals surface area contributed by atoms with Gasteiger partial charge in [0.2, 0.25) is 0 Å². The van der Waals surface area contributed by atoms with Crippen molar-refractivity contribution in [2.45, 2.75) is 23.7 Å². The van der Waals surface area contributed by atoms with Crippen LogP contribution in [0.25, 0.3) is 54.6 Å². The number of unbranched alkanes of at least 4 members (excludes halogenated alkanes) is 1. The third-order valence-electron chi connectivity index (χ3n) is 15.0. The molecule has 0 spiro atoms. The lowest BCUT2D eigenvalue weighted by Crippen LogP contribution is -2.28. The molecule has 0 saturated carbocycles. The molecule has 13 rings (SSSR count). The van der Waals surface area contributed by atoms with Gasteiger partial charge in [-0.2, -0.15) is 0 Å². The number of phenolic OH excluding ortho intramolecular Hbond substituents is 2. The first-order valence-electron chi connectivity index (χ1n) is 24.2. The Balaban J connectivity index is 0.742. The van der Waals surface area contributed by atoms with Crippen LogP contribution in [0.3, 0.4) is 0 Å². The van der Waals surface area contributed by atoms with Crippen LogP contribution in [0, 0.1) is 0 Å². The van der Waals surface area contributed by atoms with Gasteiger partial charge in [0, 0.05) is 0 Å². The average Bonchev–Trinajstić information content (AvgIpc) is 3.88. The van der Waals surface area contributed by atoms with Crippen molar-refractivity contribution in [1.29, 1.82) is 0 Å². The zero-order valence-corrected chi connectivity index (χ0v) is 38.5. The van der Waals surface area contributed by atoms with Crippen molar-refractivity contribution in [3.63, 3.8) is 0 Å². The van der Waals surface area contributed by atoms with Crippen molar-refractivity contribution in [2.75, 3.05) is 13.2 Å². The fourth-order valence-corrected chi connectivity index (χ4v) is 11.9. The van der Waals surface area contributed by atoms with E-state index >= 15 is 0 Å². The van der Waals surface area contributed by atoms with Gasteiger partial charge in [-0.05, 0) is 179 Å². The second-order valence-corrected chi connectivity index (χ2v) is 18.8. The lowest BCUT2D eigenvalue weighted by Gasteiger charge is -2.34. The standard InChI is InChI=1S/C66H48O4/c67-53-31-28-49(29-32-53)65(61-15-5-1-11-57(61)58-12-2-6-16-62(58)65)51-25-19-43-23-33-55(41-47(43)38-51)69-35-9-10-36-70-56-34-24-44-20-26-52(39-48(44)42-56)66(50-27-21-46-40-54(68)30-22-45(46)37-50)63-17-7-3-13-59(63)60-14-4-8-18-64(60)66/h1-8,11-34,37-42,67-68H,9-10,35-36H2. The van der Waals surface area contributed by atoms with Crippen molar-refractivity contribution in [3.8, 4) is 45.3 Å². The minimum absolute atomic E-state index is 0.252. The zero-order valence-electron chi connectivity index (χ0n) is 38.5. The van der Waals surface area contributed by atoms with E-state index < -0.39 is 10.8 Å². The Labute approximate surface area is 407 Å². The van der Waals surface area contributed by atoms with Crippen molar-refractivity contribution >= 4 is 32.3 Å². The van der Waals surface area contributed by atoms with E-state index in [1.54, 1.807) is 18.2 Å². The van der Waals surface area contributed by atoms with Gasteiger partial charge < -0.3 is 19.7 Å². The normalized spacial score (nSPS) is 13.7. The van der Waals surface area contributed by atoms with Gasteiger partial charge in [-0.15, -0.1) is 0 Å². The van der Waals surface area contributed by atoms with Crippen LogP contribution in [0.1, 0.15) is 57.3 Å². The number of rotatable bonds is 11. The second kappa shape index (κ2) is 16.6. The molecule has 11 aromatic rings. The summed E-state index contributed by atoms with van der Waals surface area (Å²) in [7, 11) is 0. The van der Waals surface area contributed by atoms with E-state index in [0.717, 1.165) is 62.2 Å². The SMILES string of the molecule is Oc1ccc(C2(c3ccc4ccc(OCCCCOc5ccc6ccc(C7(c8ccc9cc(O)ccc9c8)c8ccccc8-c8ccccc87)cc6c5)cc4c3)c3ccccc3-c3ccccc32)cc1. The highest BCUT2D eigenvalue weighted by Crippen LogP contribution is 2.58. The molecular weight excluding hydrogens is 857 g/mol. The Morgan fingerprint density at radius 2 is 0.629 bits per heavy atom. The summed E-state index contributed by atoms with van der Waals surface area (Å²) in [5.74, 6) is 2.21. The maximum absolute atomic E-state index is 10.3. The first-order valence-corrected chi connectivity index (χ1v) is 24.2. The average molecular weight is 905 g/mol. The quantitative estimate of drug-likeness (QED) is 0.127. The summed E-state index contributed by atoms with van der Waals surface area (Å²) in [4.78, 5) is 0. The molecule has 0 amide bonds. The Morgan fingerprint density at radius 1 is 0.286 bits per heavy atom. The maximum atomic E-state index is 10.3. The summed E-state index contributed by atoms with van der Waals surface area (Å²) in [6.45, 7) is 1.16. The molecule has 0 atom stereocenters. The molecular formula is C66H48O4. The molecule has 4 heteroatoms. The van der Waals surface area contributed by atoms with E-state index in [2.05, 4.69) is 200 Å². The Hall–Kier alpha value is -8.60. The van der Waals surface area contributed by atoms with Crippen molar-refractivity contribution < 1.29 is 19.7 Å². The van der Waals surface area contributed by atoms with Crippen LogP contribution in [0.2, 0.25) is 0 Å². The topological polar surface area (TPSA) is 58.9 Å². The predicted octanol–water partition coefficient (Wildman–Crippen LogP) is 15.5. The molecule has 2 aliphatic rings. The molecule has 4 nitrogen and oxygen atoms in total. The number of phenols is 2. The monoisotopic (exact) mass is 904 g/mol. The van der Waals surface area contributed by atoms with Crippen LogP contribution in [-0.2, 0) is 10.8 Å². The van der Waals surface area contributed by atoms with E-state index in [1.165, 1.54) is 61.2 Å². The first kappa shape index (κ1) is 41.6. The molecule has 0 unspecified atom stereocenters. The number of hydrogen-bond donors (Lipinski definition) is 2. The molecule has 0 saturated heterocycles. The van der Waals surface area contributed by atoms with Gasteiger partial charge in [0.05, 0.1) is 24.0 Å². The molecule has 0 aliphatic heterocycles. The van der Waals surface area contributed by atoms with Gasteiger partial charge in [-0.1, -0.05) is 164 Å². The lowest BCUT2D eigenvalue weighted by atomic mass is 9.67. The molecule has 0 bridgehead atoms. The van der Waals surface area contributed by atoms with Crippen molar-refractivity contribution in [2.24, 2.45) is 0 Å². The molecule has 0 aromatic heterocycles. The number of fused-ring (bicyclic) bond motifs is 9. The largest absolute Gasteiger partial charge is 0.508 e. The number of hydrogen-bond acceptors (Lipinski definition) is 4. The van der Waals surface area contributed by atoms with Gasteiger partial charge in [0.25, 0.3) is 0 Å². The lowest BCUT2D eigenvalue weighted by molar-refractivity contribution is 0.267. The molecule has 0 radical (unpaired) electrons. The number of benzene rings is 11. The first-order chi connectivity index (χ1) is 34.5. The van der Waals surface area contributed by atoms with Gasteiger partial charge in [-0.25, -0.2) is 0 Å². The summed E-state index contributed by atoms with van der Waals surface area (Å²) in [5, 5.41) is 27.3. The fourth-order valence-electron chi connectivity index (χ4n) is 11.9. The van der Waals surface area contributed by atoms with E-state index in [1.807, 2.05) is 12.1 Å². The molecule has 70 heavy (non-hydrogen) atoms. The van der Waals surface area contributed by atoms with Crippen molar-refractivity contribution in [3.05, 3.63) is 275 Å². The van der Waals surface area contributed by atoms with Crippen LogP contribution >= 0.6 is 0 Å². The highest BCUT2D eigenvalue weighted by molar-refractivity contribution is 5.93. The minimum atomic E-state index is -0.555. The highest BCUT2D eigenvalue weighted by Gasteiger charge is 2.47. The summed E-state index contributed by atoms with van der Waals surface area (Å²) < 4.78 is 12.9. The zero-order chi connectivity index (χ0) is 46.8. The Bertz CT molecular complexity index is 3740. The summed E-state index contributed by atoms with van der Waals surface area (Å²) >= 11 is 0. The van der Waals surface area contributed by atoms with E-state index in [9.17, 15) is 10.2 Å². The third-order valence-corrected chi connectivity index (χ3v) is 15.0. The van der Waals surface area contributed by atoms with E-state index in [4.69, 9.17) is 9.47 Å². The molecule has 2 N–H and O–H groups in total. The van der Waals surface area contributed by atoms with Gasteiger partial charge in [0.15, 0.2) is 0 Å². The maximum Gasteiger partial charge on any atom is 0.119 e. The van der Waals surface area contributed by atoms with Gasteiger partial charge in [-0.3, -0.25) is 0 Å². The van der Waals surface area contributed by atoms with Crippen LogP contribution in [-0.4, -0.2) is 23.4 Å². The highest BCUT2D eigenvalue weighted by atomic mass is 16.5. The molecule has 336 valence electrons. The Kier molecular flexibility index (Phi) is 9.84. The summed E-state index contributed by atoms with van der Waals surface area (Å²) in [5.41, 5.74) is 13.5. The van der Waals surface area contributed by atoms with Crippen LogP contribution in [0.15, 0.2) is 231 Å². The van der Waals surface area contributed by atoms with Gasteiger partial charge >= 0.3 is 0 Å². The van der Waals surface area contributed by atoms with E-state index in [-0.39, 0.29) is 11.5 Å². The molecule has 0 heterocycles. The summed E-state index contributed by atoms with van der Waals surface area (Å²) in [6.07, 6.45) is 1.69.